The summed E-state index contributed by atoms with van der Waals surface area (Å²) < 4.78 is 6.62. The topological polar surface area (TPSA) is 12.5 Å². The van der Waals surface area contributed by atoms with Crippen LogP contribution in [0.15, 0.2) is 212 Å². The average Bonchev–Trinajstić information content (AvgIpc) is 3.72. The van der Waals surface area contributed by atoms with Gasteiger partial charge in [0.2, 0.25) is 0 Å². The lowest BCUT2D eigenvalue weighted by Gasteiger charge is -2.39. The minimum absolute atomic E-state index is 0.205. The van der Waals surface area contributed by atoms with Crippen molar-refractivity contribution in [2.24, 2.45) is 0 Å². The highest BCUT2D eigenvalue weighted by Gasteiger charge is 2.51. The van der Waals surface area contributed by atoms with Crippen molar-refractivity contribution in [1.29, 1.82) is 0 Å². The van der Waals surface area contributed by atoms with Gasteiger partial charge in [-0.25, -0.2) is 0 Å². The van der Waals surface area contributed by atoms with Crippen LogP contribution in [0.4, 0.5) is 17.1 Å². The standard InChI is InChI=1S/C58H41NO/c1-57(2)52-35-40(38-17-5-3-6-18-38)29-32-45(52)46-33-30-42(37-53(46)57)59(54-26-14-10-21-43(54)39-19-7-4-8-20-39)41-31-34-49-47(36-41)44-22-9-11-23-48(44)58(49)50-24-12-15-27-55(50)60-56-28-16-13-25-51(56)58/h3-37H,1-2H3. The van der Waals surface area contributed by atoms with Crippen molar-refractivity contribution in [3.63, 3.8) is 0 Å². The molecule has 0 saturated carbocycles. The van der Waals surface area contributed by atoms with Gasteiger partial charge < -0.3 is 9.64 Å². The highest BCUT2D eigenvalue weighted by molar-refractivity contribution is 5.95. The Hall–Kier alpha value is -7.42. The molecule has 1 spiro atoms. The monoisotopic (exact) mass is 767 g/mol. The zero-order chi connectivity index (χ0) is 40.0. The van der Waals surface area contributed by atoms with Gasteiger partial charge in [-0.3, -0.25) is 0 Å². The largest absolute Gasteiger partial charge is 0.457 e. The van der Waals surface area contributed by atoms with Crippen LogP contribution in [0.25, 0.3) is 44.5 Å². The molecule has 0 N–H and O–H groups in total. The number of para-hydroxylation sites is 3. The first kappa shape index (κ1) is 34.6. The Kier molecular flexibility index (Phi) is 7.52. The van der Waals surface area contributed by atoms with Crippen LogP contribution >= 0.6 is 0 Å². The number of anilines is 3. The third-order valence-corrected chi connectivity index (χ3v) is 13.3. The molecule has 2 nitrogen and oxygen atoms in total. The number of hydrogen-bond donors (Lipinski definition) is 0. The van der Waals surface area contributed by atoms with E-state index < -0.39 is 5.41 Å². The van der Waals surface area contributed by atoms with Crippen molar-refractivity contribution < 1.29 is 4.74 Å². The van der Waals surface area contributed by atoms with E-state index in [1.807, 2.05) is 0 Å². The molecular formula is C58H41NO. The van der Waals surface area contributed by atoms with E-state index in [1.165, 1.54) is 77.9 Å². The summed E-state index contributed by atoms with van der Waals surface area (Å²) in [5.41, 5.74) is 20.2. The fourth-order valence-corrected chi connectivity index (χ4v) is 10.6. The molecule has 0 saturated heterocycles. The maximum absolute atomic E-state index is 6.62. The molecule has 0 radical (unpaired) electrons. The quantitative estimate of drug-likeness (QED) is 0.173. The molecular weight excluding hydrogens is 727 g/mol. The molecule has 0 aromatic heterocycles. The zero-order valence-corrected chi connectivity index (χ0v) is 33.6. The van der Waals surface area contributed by atoms with Gasteiger partial charge in [0.1, 0.15) is 11.5 Å². The van der Waals surface area contributed by atoms with Crippen LogP contribution in [0.1, 0.15) is 47.2 Å². The van der Waals surface area contributed by atoms with Crippen LogP contribution in [0.5, 0.6) is 11.5 Å². The van der Waals surface area contributed by atoms with E-state index in [-0.39, 0.29) is 5.41 Å². The van der Waals surface area contributed by atoms with Crippen molar-refractivity contribution in [2.75, 3.05) is 4.90 Å². The van der Waals surface area contributed by atoms with Gasteiger partial charge in [0, 0.05) is 33.5 Å². The van der Waals surface area contributed by atoms with E-state index in [9.17, 15) is 0 Å². The second-order valence-corrected chi connectivity index (χ2v) is 16.8. The Labute approximate surface area is 351 Å². The van der Waals surface area contributed by atoms with Crippen LogP contribution in [-0.4, -0.2) is 0 Å². The van der Waals surface area contributed by atoms with Crippen molar-refractivity contribution >= 4 is 17.1 Å². The molecule has 12 rings (SSSR count). The summed E-state index contributed by atoms with van der Waals surface area (Å²) in [7, 11) is 0. The van der Waals surface area contributed by atoms with Gasteiger partial charge in [-0.05, 0) is 110 Å². The Morgan fingerprint density at radius 3 is 1.55 bits per heavy atom. The van der Waals surface area contributed by atoms with Gasteiger partial charge in [0.15, 0.2) is 0 Å². The number of hydrogen-bond acceptors (Lipinski definition) is 2. The van der Waals surface area contributed by atoms with Crippen LogP contribution in [0.3, 0.4) is 0 Å². The predicted molar refractivity (Wildman–Crippen MR) is 247 cm³/mol. The number of ether oxygens (including phenoxy) is 1. The number of nitrogens with zero attached hydrogens (tertiary/aromatic N) is 1. The highest BCUT2D eigenvalue weighted by Crippen LogP contribution is 2.63. The summed E-state index contributed by atoms with van der Waals surface area (Å²) in [6.07, 6.45) is 0. The van der Waals surface area contributed by atoms with Gasteiger partial charge >= 0.3 is 0 Å². The van der Waals surface area contributed by atoms with E-state index in [2.05, 4.69) is 231 Å². The summed E-state index contributed by atoms with van der Waals surface area (Å²) in [5.74, 6) is 1.80. The van der Waals surface area contributed by atoms with Crippen LogP contribution in [0, 0.1) is 0 Å². The molecule has 3 aliphatic rings. The SMILES string of the molecule is CC1(C)c2cc(-c3ccccc3)ccc2-c2ccc(N(c3ccc4c(c3)-c3ccccc3C43c4ccccc4Oc4ccccc43)c3ccccc3-c3ccccc3)cc21. The fraction of sp³-hybridized carbons (Fsp3) is 0.0690. The normalized spacial score (nSPS) is 14.2. The molecule has 9 aromatic carbocycles. The maximum atomic E-state index is 6.62. The average molecular weight is 768 g/mol. The molecule has 0 bridgehead atoms. The lowest BCUT2D eigenvalue weighted by Crippen LogP contribution is -2.32. The Balaban J connectivity index is 1.08. The van der Waals surface area contributed by atoms with E-state index in [0.717, 1.165) is 28.6 Å². The summed E-state index contributed by atoms with van der Waals surface area (Å²) >= 11 is 0. The maximum Gasteiger partial charge on any atom is 0.132 e. The summed E-state index contributed by atoms with van der Waals surface area (Å²) in [4.78, 5) is 2.48. The number of rotatable bonds is 5. The van der Waals surface area contributed by atoms with E-state index >= 15 is 0 Å². The molecule has 0 amide bonds. The predicted octanol–water partition coefficient (Wildman–Crippen LogP) is 15.3. The van der Waals surface area contributed by atoms with Crippen molar-refractivity contribution in [2.45, 2.75) is 24.7 Å². The second kappa shape index (κ2) is 13.0. The van der Waals surface area contributed by atoms with Gasteiger partial charge in [-0.15, -0.1) is 0 Å². The smallest absolute Gasteiger partial charge is 0.132 e. The third-order valence-electron chi connectivity index (χ3n) is 13.3. The van der Waals surface area contributed by atoms with Gasteiger partial charge in [0.05, 0.1) is 11.1 Å². The molecule has 2 heteroatoms. The molecule has 284 valence electrons. The van der Waals surface area contributed by atoms with Crippen molar-refractivity contribution in [3.8, 4) is 56.0 Å². The molecule has 0 unspecified atom stereocenters. The van der Waals surface area contributed by atoms with Crippen molar-refractivity contribution in [1.82, 2.24) is 0 Å². The Bertz CT molecular complexity index is 3110. The molecule has 9 aromatic rings. The van der Waals surface area contributed by atoms with Gasteiger partial charge in [-0.2, -0.15) is 0 Å². The minimum atomic E-state index is -0.523. The molecule has 0 atom stereocenters. The third kappa shape index (κ3) is 4.88. The van der Waals surface area contributed by atoms with E-state index in [0.29, 0.717) is 0 Å². The lowest BCUT2D eigenvalue weighted by atomic mass is 9.66. The first-order valence-electron chi connectivity index (χ1n) is 20.9. The minimum Gasteiger partial charge on any atom is -0.457 e. The molecule has 1 heterocycles. The highest BCUT2D eigenvalue weighted by atomic mass is 16.5. The van der Waals surface area contributed by atoms with Crippen LogP contribution in [0.2, 0.25) is 0 Å². The second-order valence-electron chi connectivity index (χ2n) is 16.8. The van der Waals surface area contributed by atoms with Crippen molar-refractivity contribution in [3.05, 3.63) is 246 Å². The Morgan fingerprint density at radius 2 is 0.833 bits per heavy atom. The molecule has 1 aliphatic heterocycles. The van der Waals surface area contributed by atoms with Crippen LogP contribution < -0.4 is 9.64 Å². The van der Waals surface area contributed by atoms with Crippen LogP contribution in [-0.2, 0) is 10.8 Å². The molecule has 60 heavy (non-hydrogen) atoms. The first-order valence-corrected chi connectivity index (χ1v) is 20.9. The molecule has 0 fully saturated rings. The molecule has 2 aliphatic carbocycles. The van der Waals surface area contributed by atoms with Gasteiger partial charge in [-0.1, -0.05) is 178 Å². The number of fused-ring (bicyclic) bond motifs is 12. The first-order chi connectivity index (χ1) is 29.5. The Morgan fingerprint density at radius 1 is 0.333 bits per heavy atom. The number of benzene rings is 9. The summed E-state index contributed by atoms with van der Waals surface area (Å²) in [6, 6.07) is 77.8. The summed E-state index contributed by atoms with van der Waals surface area (Å²) in [6.45, 7) is 4.77. The summed E-state index contributed by atoms with van der Waals surface area (Å²) in [5, 5.41) is 0. The van der Waals surface area contributed by atoms with E-state index in [1.54, 1.807) is 0 Å². The fourth-order valence-electron chi connectivity index (χ4n) is 10.6. The van der Waals surface area contributed by atoms with Gasteiger partial charge in [0.25, 0.3) is 0 Å². The van der Waals surface area contributed by atoms with E-state index in [4.69, 9.17) is 4.74 Å². The lowest BCUT2D eigenvalue weighted by molar-refractivity contribution is 0.436. The zero-order valence-electron chi connectivity index (χ0n) is 33.6.